The molecule has 0 saturated heterocycles. The van der Waals surface area contributed by atoms with Crippen molar-refractivity contribution < 1.29 is 41.9 Å². The second kappa shape index (κ2) is 13.5. The zero-order valence-corrected chi connectivity index (χ0v) is 33.4. The first kappa shape index (κ1) is 37.4. The van der Waals surface area contributed by atoms with Crippen molar-refractivity contribution in [2.75, 3.05) is 0 Å². The minimum atomic E-state index is -5.34. The van der Waals surface area contributed by atoms with E-state index in [1.165, 1.54) is 24.3 Å². The van der Waals surface area contributed by atoms with Crippen LogP contribution in [0.25, 0.3) is 34.4 Å². The van der Waals surface area contributed by atoms with Gasteiger partial charge in [0.2, 0.25) is 0 Å². The van der Waals surface area contributed by atoms with E-state index in [4.69, 9.17) is 17.0 Å². The number of allylic oxidation sites excluding steroid dienone is 2. The van der Waals surface area contributed by atoms with Crippen LogP contribution in [0.15, 0.2) is 96.1 Å². The van der Waals surface area contributed by atoms with Gasteiger partial charge in [-0.2, -0.15) is 0 Å². The fourth-order valence-corrected chi connectivity index (χ4v) is 40.0. The number of rotatable bonds is 9. The second-order valence-electron chi connectivity index (χ2n) is 13.9. The molecule has 0 N–H and O–H groups in total. The van der Waals surface area contributed by atoms with Gasteiger partial charge >= 0.3 is 301 Å². The van der Waals surface area contributed by atoms with E-state index >= 15 is 0 Å². The molecule has 4 aromatic rings. The van der Waals surface area contributed by atoms with Crippen molar-refractivity contribution in [1.82, 2.24) is 0 Å². The van der Waals surface area contributed by atoms with E-state index in [2.05, 4.69) is 26.9 Å². The molecule has 10 heteroatoms. The molecular formula is C40H39Cl2F6SiZr. The van der Waals surface area contributed by atoms with E-state index in [1.807, 2.05) is 24.3 Å². The Morgan fingerprint density at radius 1 is 0.560 bits per heavy atom. The first-order valence-corrected chi connectivity index (χ1v) is 33.4. The normalized spacial score (nSPS) is 18.4. The van der Waals surface area contributed by atoms with Gasteiger partial charge in [0.1, 0.15) is 0 Å². The van der Waals surface area contributed by atoms with Gasteiger partial charge in [-0.1, -0.05) is 0 Å². The number of fused-ring (bicyclic) bond motifs is 2. The molecule has 6 rings (SSSR count). The Labute approximate surface area is 299 Å². The maximum absolute atomic E-state index is 14.3. The van der Waals surface area contributed by atoms with Crippen LogP contribution < -0.4 is 0 Å². The molecule has 0 spiro atoms. The maximum atomic E-state index is 14.3. The van der Waals surface area contributed by atoms with E-state index in [9.17, 15) is 26.3 Å². The third-order valence-corrected chi connectivity index (χ3v) is 62.5. The first-order valence-electron chi connectivity index (χ1n) is 17.1. The van der Waals surface area contributed by atoms with Gasteiger partial charge in [0, 0.05) is 0 Å². The van der Waals surface area contributed by atoms with Crippen LogP contribution in [-0.4, -0.2) is 5.92 Å². The zero-order valence-electron chi connectivity index (χ0n) is 28.3. The van der Waals surface area contributed by atoms with E-state index in [0.717, 1.165) is 58.4 Å². The van der Waals surface area contributed by atoms with E-state index < -0.39 is 45.0 Å². The molecule has 0 heterocycles. The van der Waals surface area contributed by atoms with Gasteiger partial charge in [-0.3, -0.25) is 0 Å². The number of alkyl halides is 6. The predicted octanol–water partition coefficient (Wildman–Crippen LogP) is 14.2. The summed E-state index contributed by atoms with van der Waals surface area (Å²) in [6, 6.07) is 22.3. The van der Waals surface area contributed by atoms with Crippen molar-refractivity contribution in [2.24, 2.45) is 0 Å². The monoisotopic (exact) mass is 821 g/mol. The van der Waals surface area contributed by atoms with Crippen LogP contribution in [0.2, 0.25) is 13.1 Å². The SMILES string of the molecule is CCCC1=Cc2c(-c3ccccc3C(F)(F)F)cccc2[CH]1[Zr]([Cl])([Cl])([CH]1C(CCC)=Cc2c(-c3ccccc3C(F)(F)F)cccc21)[SiH](C)C. The quantitative estimate of drug-likeness (QED) is 0.117. The summed E-state index contributed by atoms with van der Waals surface area (Å²) in [5.41, 5.74) is 5.05. The summed E-state index contributed by atoms with van der Waals surface area (Å²) in [7, 11) is 16.9. The Bertz CT molecular complexity index is 1870. The predicted molar refractivity (Wildman–Crippen MR) is 196 cm³/mol. The minimum absolute atomic E-state index is 0.107. The van der Waals surface area contributed by atoms with Gasteiger partial charge in [-0.25, -0.2) is 0 Å². The number of hydrogen-bond acceptors (Lipinski definition) is 0. The van der Waals surface area contributed by atoms with Crippen molar-refractivity contribution in [3.63, 3.8) is 0 Å². The Balaban J connectivity index is 1.62. The zero-order chi connectivity index (χ0) is 36.2. The second-order valence-corrected chi connectivity index (χ2v) is 56.4. The van der Waals surface area contributed by atoms with Gasteiger partial charge in [0.25, 0.3) is 0 Å². The molecule has 0 radical (unpaired) electrons. The van der Waals surface area contributed by atoms with Crippen LogP contribution in [0.3, 0.4) is 0 Å². The molecule has 0 aromatic heterocycles. The van der Waals surface area contributed by atoms with Gasteiger partial charge < -0.3 is 0 Å². The van der Waals surface area contributed by atoms with Crippen LogP contribution in [0, 0.1) is 0 Å². The fourth-order valence-electron chi connectivity index (χ4n) is 8.48. The van der Waals surface area contributed by atoms with E-state index in [1.54, 1.807) is 36.4 Å². The van der Waals surface area contributed by atoms with Crippen molar-refractivity contribution in [2.45, 2.75) is 72.2 Å². The van der Waals surface area contributed by atoms with Crippen LogP contribution >= 0.6 is 17.0 Å². The molecule has 263 valence electrons. The Kier molecular flexibility index (Phi) is 10.1. The van der Waals surface area contributed by atoms with E-state index in [0.29, 0.717) is 24.0 Å². The summed E-state index contributed by atoms with van der Waals surface area (Å²) in [5.74, 6) is -2.02. The average molecular weight is 824 g/mol. The molecule has 0 aliphatic heterocycles. The van der Waals surface area contributed by atoms with Gasteiger partial charge in [0.15, 0.2) is 0 Å². The van der Waals surface area contributed by atoms with Crippen molar-refractivity contribution in [3.05, 3.63) is 129 Å². The molecule has 50 heavy (non-hydrogen) atoms. The molecule has 4 aromatic carbocycles. The fraction of sp³-hybridized carbons (Fsp3) is 0.300. The molecule has 0 saturated carbocycles. The Morgan fingerprint density at radius 3 is 1.26 bits per heavy atom. The molecule has 2 unspecified atom stereocenters. The average Bonchev–Trinajstić information content (AvgIpc) is 3.63. The summed E-state index contributed by atoms with van der Waals surface area (Å²) in [5, 5.41) is 0. The summed E-state index contributed by atoms with van der Waals surface area (Å²) in [6.45, 7) is 8.50. The molecule has 0 amide bonds. The van der Waals surface area contributed by atoms with Crippen LogP contribution in [-0.2, 0) is 27.9 Å². The van der Waals surface area contributed by atoms with Gasteiger partial charge in [0.05, 0.1) is 0 Å². The molecule has 2 atom stereocenters. The van der Waals surface area contributed by atoms with Gasteiger partial charge in [-0.15, -0.1) is 0 Å². The van der Waals surface area contributed by atoms with Crippen molar-refractivity contribution in [1.29, 1.82) is 0 Å². The molecule has 2 aliphatic rings. The number of hydrogen-bond donors (Lipinski definition) is 0. The molecule has 0 bridgehead atoms. The Hall–Kier alpha value is -2.38. The number of benzene rings is 4. The topological polar surface area (TPSA) is 0 Å². The van der Waals surface area contributed by atoms with Crippen LogP contribution in [0.1, 0.15) is 80.2 Å². The molecule has 2 aliphatic carbocycles. The molecular weight excluding hydrogens is 785 g/mol. The third-order valence-electron chi connectivity index (χ3n) is 10.6. The van der Waals surface area contributed by atoms with Crippen LogP contribution in [0.4, 0.5) is 26.3 Å². The Morgan fingerprint density at radius 2 is 0.920 bits per heavy atom. The summed E-state index contributed by atoms with van der Waals surface area (Å²) in [6.07, 6.45) is -2.08. The van der Waals surface area contributed by atoms with Gasteiger partial charge in [-0.05, 0) is 0 Å². The van der Waals surface area contributed by atoms with Crippen LogP contribution in [0.5, 0.6) is 0 Å². The standard InChI is InChI=1S/2C19H16F3.C2H7Si.2ClH.Zr/c2*1-2-6-13-11-14-7-5-9-15(17(14)12-13)16-8-3-4-10-18(16)19(20,21)22;1-3-2;;;/h2*3-5,7-12H,2,6H2,1H3;3H,1-2H3;2*1H;/q;;;;;+2/p-2. The summed E-state index contributed by atoms with van der Waals surface area (Å²) >= 11 is -5.34. The summed E-state index contributed by atoms with van der Waals surface area (Å²) < 4.78 is 85.2. The first-order chi connectivity index (χ1) is 23.5. The van der Waals surface area contributed by atoms with E-state index in [-0.39, 0.29) is 18.4 Å². The molecule has 0 fully saturated rings. The molecule has 0 nitrogen and oxygen atoms in total. The third kappa shape index (κ3) is 6.14. The van der Waals surface area contributed by atoms with Crippen molar-refractivity contribution >= 4 is 35.1 Å². The summed E-state index contributed by atoms with van der Waals surface area (Å²) in [4.78, 5) is 0. The number of halogens is 8. The van der Waals surface area contributed by atoms with Crippen molar-refractivity contribution in [3.8, 4) is 22.3 Å².